The average Bonchev–Trinajstić information content (AvgIpc) is 3.42. The zero-order valence-electron chi connectivity index (χ0n) is 15.2. The van der Waals surface area contributed by atoms with E-state index in [-0.39, 0.29) is 24.9 Å². The molecular weight excluding hydrogens is 384 g/mol. The third kappa shape index (κ3) is 4.46. The molecule has 0 saturated carbocycles. The van der Waals surface area contributed by atoms with Crippen molar-refractivity contribution in [1.82, 2.24) is 20.8 Å². The predicted octanol–water partition coefficient (Wildman–Crippen LogP) is 1.98. The van der Waals surface area contributed by atoms with Crippen LogP contribution in [0.15, 0.2) is 40.2 Å². The van der Waals surface area contributed by atoms with Gasteiger partial charge < -0.3 is 24.6 Å². The summed E-state index contributed by atoms with van der Waals surface area (Å²) in [6.45, 7) is 0.430. The molecular formula is C18H18N4O5S. The number of hydrogen-bond acceptors (Lipinski definition) is 8. The molecule has 0 spiro atoms. The number of ether oxygens (including phenoxy) is 2. The number of benzene rings is 1. The number of thiophene rings is 1. The molecule has 3 aromatic rings. The lowest BCUT2D eigenvalue weighted by Crippen LogP contribution is -2.34. The highest BCUT2D eigenvalue weighted by molar-refractivity contribution is 7.13. The van der Waals surface area contributed by atoms with Crippen LogP contribution in [0.2, 0.25) is 0 Å². The third-order valence-corrected chi connectivity index (χ3v) is 4.57. The fraction of sp³-hybridized carbons (Fsp3) is 0.222. The predicted molar refractivity (Wildman–Crippen MR) is 102 cm³/mol. The van der Waals surface area contributed by atoms with Gasteiger partial charge in [-0.1, -0.05) is 11.2 Å². The van der Waals surface area contributed by atoms with Crippen LogP contribution < -0.4 is 20.1 Å². The number of methoxy groups -OCH3 is 2. The van der Waals surface area contributed by atoms with Gasteiger partial charge in [0.2, 0.25) is 5.82 Å². The highest BCUT2D eigenvalue weighted by atomic mass is 32.1. The van der Waals surface area contributed by atoms with Crippen molar-refractivity contribution in [3.05, 3.63) is 47.2 Å². The topological polar surface area (TPSA) is 116 Å². The molecule has 0 aliphatic heterocycles. The maximum absolute atomic E-state index is 12.2. The highest BCUT2D eigenvalue weighted by Crippen LogP contribution is 2.27. The van der Waals surface area contributed by atoms with E-state index < -0.39 is 5.91 Å². The van der Waals surface area contributed by atoms with E-state index >= 15 is 0 Å². The SMILES string of the molecule is COc1ccc(C(=O)NCCNC(=O)c2nc(-c3cccs3)no2)cc1OC. The van der Waals surface area contributed by atoms with E-state index in [1.54, 1.807) is 18.2 Å². The van der Waals surface area contributed by atoms with Gasteiger partial charge >= 0.3 is 11.8 Å². The summed E-state index contributed by atoms with van der Waals surface area (Å²) in [5.41, 5.74) is 0.418. The average molecular weight is 402 g/mol. The van der Waals surface area contributed by atoms with Gasteiger partial charge in [-0.25, -0.2) is 0 Å². The Bertz CT molecular complexity index is 955. The Morgan fingerprint density at radius 2 is 1.82 bits per heavy atom. The molecule has 146 valence electrons. The van der Waals surface area contributed by atoms with E-state index in [2.05, 4.69) is 20.8 Å². The minimum absolute atomic E-state index is 0.130. The van der Waals surface area contributed by atoms with E-state index in [9.17, 15) is 9.59 Å². The van der Waals surface area contributed by atoms with Crippen LogP contribution in [0.4, 0.5) is 0 Å². The Morgan fingerprint density at radius 1 is 1.07 bits per heavy atom. The van der Waals surface area contributed by atoms with Crippen LogP contribution in [0.1, 0.15) is 21.0 Å². The van der Waals surface area contributed by atoms with E-state index in [1.165, 1.54) is 25.6 Å². The molecule has 0 unspecified atom stereocenters. The number of nitrogens with one attached hydrogen (secondary N) is 2. The van der Waals surface area contributed by atoms with Crippen molar-refractivity contribution in [1.29, 1.82) is 0 Å². The van der Waals surface area contributed by atoms with Gasteiger partial charge in [-0.15, -0.1) is 11.3 Å². The number of hydrogen-bond donors (Lipinski definition) is 2. The largest absolute Gasteiger partial charge is 0.493 e. The standard InChI is InChI=1S/C18H18N4O5S/c1-25-12-6-5-11(10-13(12)26-2)16(23)19-7-8-20-17(24)18-21-15(22-27-18)14-4-3-9-28-14/h3-6,9-10H,7-8H2,1-2H3,(H,19,23)(H,20,24). The summed E-state index contributed by atoms with van der Waals surface area (Å²) in [4.78, 5) is 29.1. The van der Waals surface area contributed by atoms with Gasteiger partial charge in [-0.3, -0.25) is 9.59 Å². The second-order valence-electron chi connectivity index (χ2n) is 5.48. The molecule has 2 N–H and O–H groups in total. The maximum atomic E-state index is 12.2. The van der Waals surface area contributed by atoms with Crippen molar-refractivity contribution < 1.29 is 23.6 Å². The molecule has 0 fully saturated rings. The first-order valence-electron chi connectivity index (χ1n) is 8.28. The molecule has 9 nitrogen and oxygen atoms in total. The van der Waals surface area contributed by atoms with E-state index in [0.717, 1.165) is 4.88 Å². The van der Waals surface area contributed by atoms with Crippen LogP contribution in [-0.2, 0) is 0 Å². The Hall–Kier alpha value is -3.40. The molecule has 2 heterocycles. The summed E-state index contributed by atoms with van der Waals surface area (Å²) >= 11 is 1.45. The van der Waals surface area contributed by atoms with Gasteiger partial charge in [0.1, 0.15) is 0 Å². The maximum Gasteiger partial charge on any atom is 0.316 e. The lowest BCUT2D eigenvalue weighted by atomic mass is 10.2. The number of aromatic nitrogens is 2. The third-order valence-electron chi connectivity index (χ3n) is 3.70. The summed E-state index contributed by atoms with van der Waals surface area (Å²) in [5.74, 6) is 0.425. The van der Waals surface area contributed by atoms with E-state index in [0.29, 0.717) is 22.9 Å². The normalized spacial score (nSPS) is 10.4. The van der Waals surface area contributed by atoms with Gasteiger partial charge in [0.15, 0.2) is 11.5 Å². The summed E-state index contributed by atoms with van der Waals surface area (Å²) in [6.07, 6.45) is 0. The zero-order valence-corrected chi connectivity index (χ0v) is 16.0. The van der Waals surface area contributed by atoms with Crippen LogP contribution in [0.3, 0.4) is 0 Å². The summed E-state index contributed by atoms with van der Waals surface area (Å²) in [7, 11) is 3.02. The van der Waals surface area contributed by atoms with Crippen molar-refractivity contribution in [3.63, 3.8) is 0 Å². The van der Waals surface area contributed by atoms with Crippen LogP contribution in [0.25, 0.3) is 10.7 Å². The van der Waals surface area contributed by atoms with Gasteiger partial charge in [-0.05, 0) is 29.6 Å². The Morgan fingerprint density at radius 3 is 2.50 bits per heavy atom. The van der Waals surface area contributed by atoms with E-state index in [1.807, 2.05) is 17.5 Å². The molecule has 0 saturated heterocycles. The molecule has 10 heteroatoms. The van der Waals surface area contributed by atoms with Gasteiger partial charge in [0.25, 0.3) is 5.91 Å². The number of amides is 2. The van der Waals surface area contributed by atoms with Crippen LogP contribution in [-0.4, -0.2) is 49.3 Å². The zero-order chi connectivity index (χ0) is 19.9. The molecule has 28 heavy (non-hydrogen) atoms. The molecule has 0 radical (unpaired) electrons. The van der Waals surface area contributed by atoms with Gasteiger partial charge in [-0.2, -0.15) is 4.98 Å². The summed E-state index contributed by atoms with van der Waals surface area (Å²) < 4.78 is 15.3. The molecule has 3 rings (SSSR count). The first-order valence-corrected chi connectivity index (χ1v) is 9.16. The molecule has 2 amide bonds. The first-order chi connectivity index (χ1) is 13.6. The van der Waals surface area contributed by atoms with Crippen LogP contribution in [0.5, 0.6) is 11.5 Å². The molecule has 0 atom stereocenters. The van der Waals surface area contributed by atoms with Gasteiger partial charge in [0.05, 0.1) is 19.1 Å². The van der Waals surface area contributed by atoms with Crippen LogP contribution in [0, 0.1) is 0 Å². The summed E-state index contributed by atoms with van der Waals surface area (Å²) in [6, 6.07) is 8.55. The molecule has 1 aromatic carbocycles. The lowest BCUT2D eigenvalue weighted by molar-refractivity contribution is 0.0898. The van der Waals surface area contributed by atoms with Crippen molar-refractivity contribution >= 4 is 23.2 Å². The fourth-order valence-electron chi connectivity index (χ4n) is 2.33. The number of carbonyl (C=O) groups excluding carboxylic acids is 2. The second-order valence-corrected chi connectivity index (χ2v) is 6.43. The Labute approximate surface area is 164 Å². The molecule has 0 aliphatic rings. The summed E-state index contributed by atoms with van der Waals surface area (Å²) in [5, 5.41) is 11.0. The number of rotatable bonds is 8. The quantitative estimate of drug-likeness (QED) is 0.554. The van der Waals surface area contributed by atoms with Crippen molar-refractivity contribution in [2.75, 3.05) is 27.3 Å². The highest BCUT2D eigenvalue weighted by Gasteiger charge is 2.16. The smallest absolute Gasteiger partial charge is 0.316 e. The van der Waals surface area contributed by atoms with Crippen molar-refractivity contribution in [2.24, 2.45) is 0 Å². The minimum Gasteiger partial charge on any atom is -0.493 e. The van der Waals surface area contributed by atoms with E-state index in [4.69, 9.17) is 14.0 Å². The Kier molecular flexibility index (Phi) is 6.22. The fourth-order valence-corrected chi connectivity index (χ4v) is 2.98. The Balaban J connectivity index is 1.48. The molecule has 0 bridgehead atoms. The van der Waals surface area contributed by atoms with Crippen LogP contribution >= 0.6 is 11.3 Å². The van der Waals surface area contributed by atoms with Gasteiger partial charge in [0, 0.05) is 18.7 Å². The number of nitrogens with zero attached hydrogens (tertiary/aromatic N) is 2. The monoisotopic (exact) mass is 402 g/mol. The molecule has 2 aromatic heterocycles. The van der Waals surface area contributed by atoms with Crippen molar-refractivity contribution in [3.8, 4) is 22.2 Å². The van der Waals surface area contributed by atoms with Crippen molar-refractivity contribution in [2.45, 2.75) is 0 Å². The second kappa shape index (κ2) is 9.00. The number of carbonyl (C=O) groups is 2. The lowest BCUT2D eigenvalue weighted by Gasteiger charge is -2.10. The molecule has 0 aliphatic carbocycles. The first kappa shape index (κ1) is 19.4. The minimum atomic E-state index is -0.504.